The molecule has 0 aromatic carbocycles. The first-order valence-electron chi connectivity index (χ1n) is 5.21. The lowest BCUT2D eigenvalue weighted by atomic mass is 10.00. The van der Waals surface area contributed by atoms with Crippen LogP contribution in [0.2, 0.25) is 0 Å². The molecule has 0 aliphatic heterocycles. The van der Waals surface area contributed by atoms with E-state index in [9.17, 15) is 9.59 Å². The van der Waals surface area contributed by atoms with E-state index in [1.165, 1.54) is 6.92 Å². The minimum Gasteiger partial charge on any atom is -0.466 e. The predicted octanol–water partition coefficient (Wildman–Crippen LogP) is 2.25. The van der Waals surface area contributed by atoms with Crippen molar-refractivity contribution in [1.29, 1.82) is 0 Å². The second-order valence-electron chi connectivity index (χ2n) is 3.44. The molecule has 0 amide bonds. The molecule has 0 aliphatic carbocycles. The molecular weight excluding hydrogens is 180 g/mol. The predicted molar refractivity (Wildman–Crippen MR) is 54.6 cm³/mol. The number of hydrogen-bond donors (Lipinski definition) is 0. The van der Waals surface area contributed by atoms with Crippen molar-refractivity contribution in [3.8, 4) is 0 Å². The van der Waals surface area contributed by atoms with Crippen molar-refractivity contribution in [2.75, 3.05) is 6.61 Å². The molecule has 81 valence electrons. The molecule has 0 aromatic rings. The smallest absolute Gasteiger partial charge is 0.302 e. The van der Waals surface area contributed by atoms with Gasteiger partial charge in [-0.3, -0.25) is 9.59 Å². The largest absolute Gasteiger partial charge is 0.466 e. The average molecular weight is 199 g/mol. The molecule has 0 heterocycles. The van der Waals surface area contributed by atoms with Crippen LogP contribution < -0.4 is 0 Å². The van der Waals surface area contributed by atoms with Crippen LogP contribution in [-0.2, 0) is 14.3 Å². The van der Waals surface area contributed by atoms with Gasteiger partial charge in [0.2, 0.25) is 6.29 Å². The van der Waals surface area contributed by atoms with Crippen LogP contribution >= 0.6 is 0 Å². The van der Waals surface area contributed by atoms with Gasteiger partial charge in [-0.2, -0.15) is 0 Å². The molecular formula is C11H19O3. The van der Waals surface area contributed by atoms with Gasteiger partial charge in [0.15, 0.2) is 0 Å². The number of ether oxygens (including phenoxy) is 1. The second kappa shape index (κ2) is 8.73. The first kappa shape index (κ1) is 13.1. The summed E-state index contributed by atoms with van der Waals surface area (Å²) < 4.78 is 4.76. The van der Waals surface area contributed by atoms with Crippen LogP contribution in [0, 0.1) is 5.92 Å². The highest BCUT2D eigenvalue weighted by molar-refractivity contribution is 5.65. The quantitative estimate of drug-likeness (QED) is 0.445. The summed E-state index contributed by atoms with van der Waals surface area (Å²) in [5.74, 6) is -0.357. The fourth-order valence-corrected chi connectivity index (χ4v) is 1.25. The summed E-state index contributed by atoms with van der Waals surface area (Å²) in [4.78, 5) is 21.0. The lowest BCUT2D eigenvalue weighted by Gasteiger charge is -2.08. The van der Waals surface area contributed by atoms with Gasteiger partial charge in [0.05, 0.1) is 6.61 Å². The molecule has 3 nitrogen and oxygen atoms in total. The Bertz CT molecular complexity index is 166. The summed E-state index contributed by atoms with van der Waals surface area (Å²) in [6.07, 6.45) is 6.80. The first-order chi connectivity index (χ1) is 6.70. The van der Waals surface area contributed by atoms with Crippen molar-refractivity contribution in [3.05, 3.63) is 0 Å². The van der Waals surface area contributed by atoms with E-state index >= 15 is 0 Å². The van der Waals surface area contributed by atoms with Gasteiger partial charge in [-0.05, 0) is 12.8 Å². The third-order valence-electron chi connectivity index (χ3n) is 2.09. The molecule has 0 aromatic heterocycles. The molecule has 0 spiro atoms. The Morgan fingerprint density at radius 3 is 2.57 bits per heavy atom. The SMILES string of the molecule is CCCCCC([C]=O)CCOC(C)=O. The van der Waals surface area contributed by atoms with Gasteiger partial charge in [0, 0.05) is 12.8 Å². The van der Waals surface area contributed by atoms with E-state index in [0.717, 1.165) is 25.7 Å². The Morgan fingerprint density at radius 2 is 2.07 bits per heavy atom. The number of rotatable bonds is 8. The van der Waals surface area contributed by atoms with Gasteiger partial charge in [-0.25, -0.2) is 0 Å². The second-order valence-corrected chi connectivity index (χ2v) is 3.44. The zero-order valence-corrected chi connectivity index (χ0v) is 9.04. The van der Waals surface area contributed by atoms with Crippen LogP contribution in [0.5, 0.6) is 0 Å². The molecule has 3 heteroatoms. The van der Waals surface area contributed by atoms with Gasteiger partial charge in [0.25, 0.3) is 0 Å². The molecule has 14 heavy (non-hydrogen) atoms. The maximum atomic E-state index is 10.5. The molecule has 1 unspecified atom stereocenters. The van der Waals surface area contributed by atoms with Gasteiger partial charge < -0.3 is 4.74 Å². The molecule has 1 atom stereocenters. The summed E-state index contributed by atoms with van der Waals surface area (Å²) in [7, 11) is 0. The standard InChI is InChI=1S/C11H19O3/c1-3-4-5-6-11(9-12)7-8-14-10(2)13/h11H,3-8H2,1-2H3. The van der Waals surface area contributed by atoms with Crippen LogP contribution in [-0.4, -0.2) is 18.9 Å². The Balaban J connectivity index is 3.47. The topological polar surface area (TPSA) is 43.4 Å². The third kappa shape index (κ3) is 7.77. The van der Waals surface area contributed by atoms with Crippen LogP contribution in [0.1, 0.15) is 46.0 Å². The zero-order chi connectivity index (χ0) is 10.8. The first-order valence-corrected chi connectivity index (χ1v) is 5.21. The summed E-state index contributed by atoms with van der Waals surface area (Å²) in [5.41, 5.74) is 0. The van der Waals surface area contributed by atoms with E-state index in [0.29, 0.717) is 13.0 Å². The molecule has 0 saturated heterocycles. The minimum absolute atomic E-state index is 0.0686. The molecule has 0 saturated carbocycles. The molecule has 0 bridgehead atoms. The van der Waals surface area contributed by atoms with Crippen molar-refractivity contribution in [2.45, 2.75) is 46.0 Å². The number of hydrogen-bond acceptors (Lipinski definition) is 3. The third-order valence-corrected chi connectivity index (χ3v) is 2.09. The monoisotopic (exact) mass is 199 g/mol. The van der Waals surface area contributed by atoms with E-state index in [1.54, 1.807) is 0 Å². The Kier molecular flexibility index (Phi) is 8.19. The Labute approximate surface area is 85.8 Å². The summed E-state index contributed by atoms with van der Waals surface area (Å²) in [6.45, 7) is 3.83. The molecule has 1 radical (unpaired) electrons. The molecule has 0 N–H and O–H groups in total. The van der Waals surface area contributed by atoms with Gasteiger partial charge >= 0.3 is 5.97 Å². The van der Waals surface area contributed by atoms with E-state index < -0.39 is 0 Å². The molecule has 0 rings (SSSR count). The maximum absolute atomic E-state index is 10.5. The minimum atomic E-state index is -0.289. The Hall–Kier alpha value is -0.860. The normalized spacial score (nSPS) is 12.1. The van der Waals surface area contributed by atoms with E-state index in [1.807, 2.05) is 6.29 Å². The van der Waals surface area contributed by atoms with Gasteiger partial charge in [-0.1, -0.05) is 26.2 Å². The number of carbonyl (C=O) groups excluding carboxylic acids is 2. The van der Waals surface area contributed by atoms with Crippen molar-refractivity contribution in [1.82, 2.24) is 0 Å². The number of esters is 1. The van der Waals surface area contributed by atoms with E-state index in [-0.39, 0.29) is 11.9 Å². The molecule has 0 fully saturated rings. The fraction of sp³-hybridized carbons (Fsp3) is 0.818. The van der Waals surface area contributed by atoms with Crippen LogP contribution in [0.15, 0.2) is 0 Å². The summed E-state index contributed by atoms with van der Waals surface area (Å²) in [5, 5.41) is 0. The van der Waals surface area contributed by atoms with Crippen LogP contribution in [0.3, 0.4) is 0 Å². The lowest BCUT2D eigenvalue weighted by molar-refractivity contribution is -0.141. The van der Waals surface area contributed by atoms with Crippen molar-refractivity contribution in [3.63, 3.8) is 0 Å². The highest BCUT2D eigenvalue weighted by Crippen LogP contribution is 2.11. The Morgan fingerprint density at radius 1 is 1.36 bits per heavy atom. The van der Waals surface area contributed by atoms with Gasteiger partial charge in [-0.15, -0.1) is 0 Å². The number of unbranched alkanes of at least 4 members (excludes halogenated alkanes) is 2. The highest BCUT2D eigenvalue weighted by atomic mass is 16.5. The van der Waals surface area contributed by atoms with Gasteiger partial charge in [0.1, 0.15) is 0 Å². The summed E-state index contributed by atoms with van der Waals surface area (Å²) in [6, 6.07) is 0. The summed E-state index contributed by atoms with van der Waals surface area (Å²) >= 11 is 0. The number of carbonyl (C=O) groups is 1. The highest BCUT2D eigenvalue weighted by Gasteiger charge is 2.08. The zero-order valence-electron chi connectivity index (χ0n) is 9.04. The van der Waals surface area contributed by atoms with Crippen LogP contribution in [0.25, 0.3) is 0 Å². The lowest BCUT2D eigenvalue weighted by Crippen LogP contribution is -2.09. The van der Waals surface area contributed by atoms with E-state index in [4.69, 9.17) is 4.74 Å². The molecule has 0 aliphatic rings. The average Bonchev–Trinajstić information content (AvgIpc) is 2.15. The van der Waals surface area contributed by atoms with Crippen LogP contribution in [0.4, 0.5) is 0 Å². The fourth-order valence-electron chi connectivity index (χ4n) is 1.25. The van der Waals surface area contributed by atoms with Crippen molar-refractivity contribution < 1.29 is 14.3 Å². The maximum Gasteiger partial charge on any atom is 0.302 e. The van der Waals surface area contributed by atoms with Crippen molar-refractivity contribution >= 4 is 12.3 Å². The van der Waals surface area contributed by atoms with E-state index in [2.05, 4.69) is 6.92 Å². The van der Waals surface area contributed by atoms with Crippen molar-refractivity contribution in [2.24, 2.45) is 5.92 Å².